The Bertz CT molecular complexity index is 575. The van der Waals surface area contributed by atoms with Crippen LogP contribution >= 0.6 is 0 Å². The molecular formula is C11H9N3O2. The number of aromatic nitrogens is 2. The van der Waals surface area contributed by atoms with Gasteiger partial charge in [-0.25, -0.2) is 4.98 Å². The van der Waals surface area contributed by atoms with Crippen molar-refractivity contribution in [2.24, 2.45) is 0 Å². The van der Waals surface area contributed by atoms with Gasteiger partial charge < -0.3 is 10.7 Å². The zero-order valence-electron chi connectivity index (χ0n) is 8.31. The summed E-state index contributed by atoms with van der Waals surface area (Å²) >= 11 is 0. The lowest BCUT2D eigenvalue weighted by atomic mass is 10.1. The molecule has 0 aliphatic carbocycles. The zero-order chi connectivity index (χ0) is 11.5. The second-order valence-corrected chi connectivity index (χ2v) is 3.19. The number of nitrogens with zero attached hydrogens (tertiary/aromatic N) is 1. The first-order valence-corrected chi connectivity index (χ1v) is 4.63. The van der Waals surface area contributed by atoms with Crippen molar-refractivity contribution >= 4 is 11.6 Å². The molecule has 0 bridgehead atoms. The summed E-state index contributed by atoms with van der Waals surface area (Å²) in [5.41, 5.74) is 5.27. The van der Waals surface area contributed by atoms with Crippen LogP contribution in [0.25, 0.3) is 0 Å². The number of ketones is 1. The number of hydrogen-bond donors (Lipinski definition) is 2. The number of anilines is 1. The molecule has 0 fully saturated rings. The van der Waals surface area contributed by atoms with E-state index in [9.17, 15) is 9.59 Å². The number of nitrogens with two attached hydrogens (primary N) is 1. The second-order valence-electron chi connectivity index (χ2n) is 3.19. The fourth-order valence-electron chi connectivity index (χ4n) is 1.37. The van der Waals surface area contributed by atoms with Gasteiger partial charge in [0.05, 0.1) is 6.33 Å². The Morgan fingerprint density at radius 1 is 1.25 bits per heavy atom. The average Bonchev–Trinajstić information content (AvgIpc) is 2.30. The van der Waals surface area contributed by atoms with Crippen molar-refractivity contribution in [1.29, 1.82) is 0 Å². The minimum absolute atomic E-state index is 0.0578. The van der Waals surface area contributed by atoms with E-state index in [0.29, 0.717) is 5.56 Å². The lowest BCUT2D eigenvalue weighted by molar-refractivity contribution is 0.103. The highest BCUT2D eigenvalue weighted by atomic mass is 16.1. The van der Waals surface area contributed by atoms with Gasteiger partial charge in [0.1, 0.15) is 11.4 Å². The van der Waals surface area contributed by atoms with E-state index < -0.39 is 11.3 Å². The molecule has 16 heavy (non-hydrogen) atoms. The highest BCUT2D eigenvalue weighted by Crippen LogP contribution is 2.09. The topological polar surface area (TPSA) is 88.8 Å². The van der Waals surface area contributed by atoms with Crippen molar-refractivity contribution in [2.45, 2.75) is 0 Å². The lowest BCUT2D eigenvalue weighted by Gasteiger charge is -2.01. The molecule has 1 aromatic carbocycles. The van der Waals surface area contributed by atoms with Gasteiger partial charge in [-0.3, -0.25) is 9.59 Å². The number of nitrogens with one attached hydrogen (secondary N) is 1. The molecule has 1 heterocycles. The van der Waals surface area contributed by atoms with E-state index >= 15 is 0 Å². The van der Waals surface area contributed by atoms with Gasteiger partial charge in [0.15, 0.2) is 0 Å². The lowest BCUT2D eigenvalue weighted by Crippen LogP contribution is -2.21. The Balaban J connectivity index is 2.55. The van der Waals surface area contributed by atoms with Crippen LogP contribution in [0, 0.1) is 0 Å². The van der Waals surface area contributed by atoms with Gasteiger partial charge in [-0.2, -0.15) is 0 Å². The van der Waals surface area contributed by atoms with Crippen LogP contribution in [0.2, 0.25) is 0 Å². The predicted molar refractivity (Wildman–Crippen MR) is 59.1 cm³/mol. The Morgan fingerprint density at radius 2 is 1.94 bits per heavy atom. The van der Waals surface area contributed by atoms with E-state index in [0.717, 1.165) is 0 Å². The van der Waals surface area contributed by atoms with Crippen molar-refractivity contribution < 1.29 is 4.79 Å². The Kier molecular flexibility index (Phi) is 2.51. The fourth-order valence-corrected chi connectivity index (χ4v) is 1.37. The van der Waals surface area contributed by atoms with E-state index in [-0.39, 0.29) is 11.4 Å². The van der Waals surface area contributed by atoms with E-state index in [4.69, 9.17) is 5.73 Å². The van der Waals surface area contributed by atoms with Gasteiger partial charge in [0, 0.05) is 5.56 Å². The smallest absolute Gasteiger partial charge is 0.264 e. The van der Waals surface area contributed by atoms with E-state index in [1.807, 2.05) is 0 Å². The number of aromatic amines is 1. The first kappa shape index (κ1) is 10.1. The van der Waals surface area contributed by atoms with Crippen molar-refractivity contribution in [3.05, 3.63) is 58.1 Å². The normalized spacial score (nSPS) is 10.0. The Labute approximate surface area is 91.0 Å². The predicted octanol–water partition coefficient (Wildman–Crippen LogP) is 0.583. The molecule has 0 aliphatic heterocycles. The molecular weight excluding hydrogens is 206 g/mol. The largest absolute Gasteiger partial charge is 0.383 e. The van der Waals surface area contributed by atoms with Crippen LogP contribution in [0.3, 0.4) is 0 Å². The summed E-state index contributed by atoms with van der Waals surface area (Å²) in [5, 5.41) is 0. The summed E-state index contributed by atoms with van der Waals surface area (Å²) in [6, 6.07) is 8.46. The van der Waals surface area contributed by atoms with Gasteiger partial charge in [0.2, 0.25) is 5.78 Å². The van der Waals surface area contributed by atoms with E-state index in [1.54, 1.807) is 30.3 Å². The number of benzene rings is 1. The molecule has 5 heteroatoms. The summed E-state index contributed by atoms with van der Waals surface area (Å²) in [6.45, 7) is 0. The summed E-state index contributed by atoms with van der Waals surface area (Å²) in [5.74, 6) is -0.481. The summed E-state index contributed by atoms with van der Waals surface area (Å²) in [4.78, 5) is 29.4. The number of hydrogen-bond acceptors (Lipinski definition) is 4. The molecule has 0 unspecified atom stereocenters. The molecule has 2 aromatic rings. The molecule has 3 N–H and O–H groups in total. The van der Waals surface area contributed by atoms with Crippen LogP contribution < -0.4 is 11.3 Å². The maximum Gasteiger partial charge on any atom is 0.264 e. The Hall–Kier alpha value is -2.43. The van der Waals surface area contributed by atoms with Crippen LogP contribution in [-0.2, 0) is 0 Å². The molecule has 0 radical (unpaired) electrons. The minimum Gasteiger partial charge on any atom is -0.383 e. The van der Waals surface area contributed by atoms with E-state index in [1.165, 1.54) is 6.33 Å². The first-order chi connectivity index (χ1) is 7.70. The number of H-pyrrole nitrogens is 1. The van der Waals surface area contributed by atoms with Crippen molar-refractivity contribution in [1.82, 2.24) is 9.97 Å². The maximum absolute atomic E-state index is 11.9. The standard InChI is InChI=1S/C11H9N3O2/c12-10-8(11(16)14-6-13-10)9(15)7-4-2-1-3-5-7/h1-6H,(H3,12,13,14,16). The van der Waals surface area contributed by atoms with Gasteiger partial charge in [0.25, 0.3) is 5.56 Å². The van der Waals surface area contributed by atoms with Crippen molar-refractivity contribution in [2.75, 3.05) is 5.73 Å². The van der Waals surface area contributed by atoms with Gasteiger partial charge in [-0.15, -0.1) is 0 Å². The third kappa shape index (κ3) is 1.70. The molecule has 0 saturated carbocycles. The molecule has 0 spiro atoms. The number of carbonyl (C=O) groups is 1. The number of rotatable bonds is 2. The van der Waals surface area contributed by atoms with E-state index in [2.05, 4.69) is 9.97 Å². The van der Waals surface area contributed by atoms with Gasteiger partial charge in [-0.05, 0) is 0 Å². The molecule has 0 atom stereocenters. The highest BCUT2D eigenvalue weighted by Gasteiger charge is 2.16. The van der Waals surface area contributed by atoms with Crippen LogP contribution in [0.4, 0.5) is 5.82 Å². The molecule has 2 rings (SSSR count). The summed E-state index contributed by atoms with van der Waals surface area (Å²) in [7, 11) is 0. The molecule has 0 amide bonds. The molecule has 5 nitrogen and oxygen atoms in total. The third-order valence-electron chi connectivity index (χ3n) is 2.15. The van der Waals surface area contributed by atoms with Gasteiger partial charge in [-0.1, -0.05) is 30.3 Å². The van der Waals surface area contributed by atoms with Crippen LogP contribution in [-0.4, -0.2) is 15.8 Å². The molecule has 80 valence electrons. The summed E-state index contributed by atoms with van der Waals surface area (Å²) < 4.78 is 0. The van der Waals surface area contributed by atoms with Crippen LogP contribution in [0.1, 0.15) is 15.9 Å². The fraction of sp³-hybridized carbons (Fsp3) is 0. The SMILES string of the molecule is Nc1nc[nH]c(=O)c1C(=O)c1ccccc1. The highest BCUT2D eigenvalue weighted by molar-refractivity contribution is 6.11. The van der Waals surface area contributed by atoms with Crippen LogP contribution in [0.5, 0.6) is 0 Å². The molecule has 0 aliphatic rings. The zero-order valence-corrected chi connectivity index (χ0v) is 8.31. The Morgan fingerprint density at radius 3 is 2.56 bits per heavy atom. The minimum atomic E-state index is -0.527. The quantitative estimate of drug-likeness (QED) is 0.717. The summed E-state index contributed by atoms with van der Waals surface area (Å²) in [6.07, 6.45) is 1.17. The van der Waals surface area contributed by atoms with Crippen LogP contribution in [0.15, 0.2) is 41.5 Å². The third-order valence-corrected chi connectivity index (χ3v) is 2.15. The molecule has 0 saturated heterocycles. The number of carbonyl (C=O) groups excluding carboxylic acids is 1. The van der Waals surface area contributed by atoms with Gasteiger partial charge >= 0.3 is 0 Å². The average molecular weight is 215 g/mol. The second kappa shape index (κ2) is 3.98. The first-order valence-electron chi connectivity index (χ1n) is 4.63. The molecule has 1 aromatic heterocycles. The van der Waals surface area contributed by atoms with Crippen molar-refractivity contribution in [3.63, 3.8) is 0 Å². The van der Waals surface area contributed by atoms with Crippen molar-refractivity contribution in [3.8, 4) is 0 Å². The number of nitrogen functional groups attached to an aromatic ring is 1. The monoisotopic (exact) mass is 215 g/mol. The maximum atomic E-state index is 11.9.